The van der Waals surface area contributed by atoms with Crippen LogP contribution >= 0.6 is 15.9 Å². The zero-order chi connectivity index (χ0) is 20.2. The van der Waals surface area contributed by atoms with Gasteiger partial charge in [-0.2, -0.15) is 5.26 Å². The van der Waals surface area contributed by atoms with Crippen molar-refractivity contribution in [2.45, 2.75) is 0 Å². The van der Waals surface area contributed by atoms with Gasteiger partial charge in [0, 0.05) is 15.6 Å². The van der Waals surface area contributed by atoms with E-state index in [1.165, 1.54) is 0 Å². The highest BCUT2D eigenvalue weighted by atomic mass is 79.9. The first-order chi connectivity index (χ1) is 14.2. The Bertz CT molecular complexity index is 1200. The third-order valence-electron chi connectivity index (χ3n) is 4.45. The Hall–Kier alpha value is -3.62. The average Bonchev–Trinajstić information content (AvgIpc) is 2.75. The van der Waals surface area contributed by atoms with E-state index in [0.717, 1.165) is 32.7 Å². The normalized spacial score (nSPS) is 10.3. The number of halogens is 1. The number of ether oxygens (including phenoxy) is 1. The summed E-state index contributed by atoms with van der Waals surface area (Å²) in [7, 11) is 0. The molecule has 0 fully saturated rings. The number of nitriles is 1. The molecule has 0 bridgehead atoms. The van der Waals surface area contributed by atoms with E-state index in [2.05, 4.69) is 27.0 Å². The lowest BCUT2D eigenvalue weighted by Gasteiger charge is -2.12. The highest BCUT2D eigenvalue weighted by Gasteiger charge is 2.15. The largest absolute Gasteiger partial charge is 0.457 e. The number of hydrogen-bond donors (Lipinski definition) is 1. The van der Waals surface area contributed by atoms with Crippen LogP contribution in [0.5, 0.6) is 11.5 Å². The third-order valence-corrected chi connectivity index (χ3v) is 5.14. The summed E-state index contributed by atoms with van der Waals surface area (Å²) in [6.45, 7) is 0. The SMILES string of the molecule is N#Cc1c(-c2ccccc2Br)cc(-c2ccc(Oc3ccccc3)cc2)nc1N. The molecule has 0 atom stereocenters. The molecule has 4 rings (SSSR count). The molecule has 1 heterocycles. The first kappa shape index (κ1) is 18.7. The number of rotatable bonds is 4. The molecule has 2 N–H and O–H groups in total. The summed E-state index contributed by atoms with van der Waals surface area (Å²) in [6.07, 6.45) is 0. The van der Waals surface area contributed by atoms with Gasteiger partial charge in [0.1, 0.15) is 28.9 Å². The minimum atomic E-state index is 0.209. The monoisotopic (exact) mass is 441 g/mol. The number of benzene rings is 3. The molecule has 4 aromatic rings. The molecule has 0 radical (unpaired) electrons. The van der Waals surface area contributed by atoms with Gasteiger partial charge in [0.25, 0.3) is 0 Å². The molecule has 0 aliphatic heterocycles. The summed E-state index contributed by atoms with van der Waals surface area (Å²) in [6, 6.07) is 29.0. The Kier molecular flexibility index (Phi) is 5.28. The highest BCUT2D eigenvalue weighted by Crippen LogP contribution is 2.35. The molecule has 1 aromatic heterocycles. The van der Waals surface area contributed by atoms with Gasteiger partial charge in [-0.05, 0) is 54.1 Å². The van der Waals surface area contributed by atoms with Crippen molar-refractivity contribution in [3.8, 4) is 40.0 Å². The van der Waals surface area contributed by atoms with E-state index in [1.54, 1.807) is 0 Å². The van der Waals surface area contributed by atoms with Crippen molar-refractivity contribution >= 4 is 21.7 Å². The number of nitrogens with zero attached hydrogens (tertiary/aromatic N) is 2. The molecule has 0 aliphatic rings. The fourth-order valence-electron chi connectivity index (χ4n) is 3.04. The van der Waals surface area contributed by atoms with E-state index in [1.807, 2.05) is 84.9 Å². The van der Waals surface area contributed by atoms with Gasteiger partial charge in [-0.3, -0.25) is 0 Å². The van der Waals surface area contributed by atoms with Gasteiger partial charge in [-0.25, -0.2) is 4.98 Å². The number of pyridine rings is 1. The van der Waals surface area contributed by atoms with Gasteiger partial charge in [-0.15, -0.1) is 0 Å². The quantitative estimate of drug-likeness (QED) is 0.396. The summed E-state index contributed by atoms with van der Waals surface area (Å²) < 4.78 is 6.73. The molecular weight excluding hydrogens is 426 g/mol. The molecule has 0 saturated heterocycles. The van der Waals surface area contributed by atoms with E-state index in [4.69, 9.17) is 10.5 Å². The van der Waals surface area contributed by atoms with Crippen molar-refractivity contribution < 1.29 is 4.74 Å². The predicted octanol–water partition coefficient (Wildman–Crippen LogP) is 6.42. The molecule has 0 unspecified atom stereocenters. The van der Waals surface area contributed by atoms with Crippen LogP contribution in [0, 0.1) is 11.3 Å². The smallest absolute Gasteiger partial charge is 0.142 e. The van der Waals surface area contributed by atoms with Crippen molar-refractivity contribution in [3.05, 3.63) is 95.0 Å². The van der Waals surface area contributed by atoms with Crippen LogP contribution in [-0.2, 0) is 0 Å². The van der Waals surface area contributed by atoms with Crippen molar-refractivity contribution in [1.82, 2.24) is 4.98 Å². The van der Waals surface area contributed by atoms with Crippen LogP contribution in [0.1, 0.15) is 5.56 Å². The summed E-state index contributed by atoms with van der Waals surface area (Å²) >= 11 is 3.56. The lowest BCUT2D eigenvalue weighted by Crippen LogP contribution is -2.00. The Labute approximate surface area is 177 Å². The van der Waals surface area contributed by atoms with Crippen molar-refractivity contribution in [3.63, 3.8) is 0 Å². The van der Waals surface area contributed by atoms with E-state index in [9.17, 15) is 5.26 Å². The standard InChI is InChI=1S/C24H16BrN3O/c25-22-9-5-4-8-19(22)20-14-23(28-24(27)21(20)15-26)16-10-12-18(13-11-16)29-17-6-2-1-3-7-17/h1-14H,(H2,27,28). The maximum atomic E-state index is 9.59. The van der Waals surface area contributed by atoms with Crippen LogP contribution in [-0.4, -0.2) is 4.98 Å². The number of para-hydroxylation sites is 1. The van der Waals surface area contributed by atoms with Gasteiger partial charge < -0.3 is 10.5 Å². The van der Waals surface area contributed by atoms with E-state index < -0.39 is 0 Å². The fraction of sp³-hybridized carbons (Fsp3) is 0. The Balaban J connectivity index is 1.72. The van der Waals surface area contributed by atoms with Gasteiger partial charge in [-0.1, -0.05) is 52.3 Å². The Morgan fingerprint density at radius 2 is 1.48 bits per heavy atom. The van der Waals surface area contributed by atoms with Crippen LogP contribution in [0.3, 0.4) is 0 Å². The zero-order valence-corrected chi connectivity index (χ0v) is 16.9. The molecule has 29 heavy (non-hydrogen) atoms. The number of nitrogens with two attached hydrogens (primary N) is 1. The van der Waals surface area contributed by atoms with Crippen LogP contribution in [0.4, 0.5) is 5.82 Å². The van der Waals surface area contributed by atoms with Crippen molar-refractivity contribution in [1.29, 1.82) is 5.26 Å². The summed E-state index contributed by atoms with van der Waals surface area (Å²) in [4.78, 5) is 4.44. The molecule has 4 nitrogen and oxygen atoms in total. The number of hydrogen-bond acceptors (Lipinski definition) is 4. The summed E-state index contributed by atoms with van der Waals surface area (Å²) in [5, 5.41) is 9.59. The lowest BCUT2D eigenvalue weighted by molar-refractivity contribution is 0.483. The fourth-order valence-corrected chi connectivity index (χ4v) is 3.54. The number of anilines is 1. The first-order valence-corrected chi connectivity index (χ1v) is 9.74. The maximum absolute atomic E-state index is 9.59. The summed E-state index contributed by atoms with van der Waals surface area (Å²) in [5.41, 5.74) is 9.69. The predicted molar refractivity (Wildman–Crippen MR) is 118 cm³/mol. The molecule has 3 aromatic carbocycles. The zero-order valence-electron chi connectivity index (χ0n) is 15.3. The van der Waals surface area contributed by atoms with Crippen LogP contribution < -0.4 is 10.5 Å². The maximum Gasteiger partial charge on any atom is 0.142 e. The topological polar surface area (TPSA) is 71.9 Å². The van der Waals surface area contributed by atoms with Crippen LogP contribution in [0.15, 0.2) is 89.4 Å². The van der Waals surface area contributed by atoms with Crippen molar-refractivity contribution in [2.24, 2.45) is 0 Å². The Morgan fingerprint density at radius 1 is 0.828 bits per heavy atom. The van der Waals surface area contributed by atoms with E-state index in [0.29, 0.717) is 11.3 Å². The second kappa shape index (κ2) is 8.17. The number of nitrogen functional groups attached to an aromatic ring is 1. The first-order valence-electron chi connectivity index (χ1n) is 8.94. The molecule has 0 spiro atoms. The minimum Gasteiger partial charge on any atom is -0.457 e. The average molecular weight is 442 g/mol. The molecule has 0 saturated carbocycles. The van der Waals surface area contributed by atoms with E-state index >= 15 is 0 Å². The highest BCUT2D eigenvalue weighted by molar-refractivity contribution is 9.10. The minimum absolute atomic E-state index is 0.209. The molecule has 0 aliphatic carbocycles. The molecule has 5 heteroatoms. The van der Waals surface area contributed by atoms with Gasteiger partial charge in [0.2, 0.25) is 0 Å². The van der Waals surface area contributed by atoms with E-state index in [-0.39, 0.29) is 5.82 Å². The van der Waals surface area contributed by atoms with Crippen LogP contribution in [0.25, 0.3) is 22.4 Å². The van der Waals surface area contributed by atoms with Gasteiger partial charge in [0.05, 0.1) is 5.69 Å². The molecule has 140 valence electrons. The molecule has 0 amide bonds. The van der Waals surface area contributed by atoms with Crippen LogP contribution in [0.2, 0.25) is 0 Å². The molecular formula is C24H16BrN3O. The summed E-state index contributed by atoms with van der Waals surface area (Å²) in [5.74, 6) is 1.71. The van der Waals surface area contributed by atoms with Crippen molar-refractivity contribution in [2.75, 3.05) is 5.73 Å². The lowest BCUT2D eigenvalue weighted by atomic mass is 9.98. The van der Waals surface area contributed by atoms with Gasteiger partial charge >= 0.3 is 0 Å². The van der Waals surface area contributed by atoms with Gasteiger partial charge in [0.15, 0.2) is 0 Å². The second-order valence-electron chi connectivity index (χ2n) is 6.35. The third kappa shape index (κ3) is 3.98. The number of aromatic nitrogens is 1. The Morgan fingerprint density at radius 3 is 2.17 bits per heavy atom. The second-order valence-corrected chi connectivity index (χ2v) is 7.20.